The van der Waals surface area contributed by atoms with E-state index in [9.17, 15) is 4.79 Å². The first-order valence-corrected chi connectivity index (χ1v) is 8.42. The third-order valence-electron chi connectivity index (χ3n) is 4.21. The number of hydrogen-bond acceptors (Lipinski definition) is 3. The van der Waals surface area contributed by atoms with Crippen molar-refractivity contribution in [3.8, 4) is 0 Å². The van der Waals surface area contributed by atoms with E-state index in [2.05, 4.69) is 17.1 Å². The number of benzene rings is 1. The summed E-state index contributed by atoms with van der Waals surface area (Å²) in [5.41, 5.74) is 1.78. The van der Waals surface area contributed by atoms with Crippen LogP contribution >= 0.6 is 0 Å². The molecular formula is C18H27N3O2. The zero-order chi connectivity index (χ0) is 16.7. The van der Waals surface area contributed by atoms with Crippen molar-refractivity contribution in [1.29, 1.82) is 0 Å². The number of amidine groups is 1. The van der Waals surface area contributed by atoms with Gasteiger partial charge in [-0.3, -0.25) is 10.3 Å². The summed E-state index contributed by atoms with van der Waals surface area (Å²) >= 11 is 0. The first-order chi connectivity index (χ1) is 11.1. The topological polar surface area (TPSA) is 53.9 Å². The van der Waals surface area contributed by atoms with Crippen LogP contribution in [-0.4, -0.2) is 31.6 Å². The summed E-state index contributed by atoms with van der Waals surface area (Å²) in [7, 11) is 2.02. The minimum Gasteiger partial charge on any atom is -0.450 e. The lowest BCUT2D eigenvalue weighted by molar-refractivity contribution is 0.168. The van der Waals surface area contributed by atoms with Gasteiger partial charge in [0.05, 0.1) is 12.6 Å². The number of hydrogen-bond donors (Lipinski definition) is 1. The summed E-state index contributed by atoms with van der Waals surface area (Å²) in [6.07, 6.45) is 5.90. The van der Waals surface area contributed by atoms with Crippen molar-refractivity contribution in [3.05, 3.63) is 24.3 Å². The molecule has 0 unspecified atom stereocenters. The van der Waals surface area contributed by atoms with Gasteiger partial charge in [0, 0.05) is 18.4 Å². The maximum Gasteiger partial charge on any atom is 0.411 e. The third-order valence-corrected chi connectivity index (χ3v) is 4.21. The first kappa shape index (κ1) is 17.3. The highest BCUT2D eigenvalue weighted by atomic mass is 16.5. The lowest BCUT2D eigenvalue weighted by atomic mass is 9.96. The molecule has 126 valence electrons. The van der Waals surface area contributed by atoms with Crippen molar-refractivity contribution in [3.63, 3.8) is 0 Å². The second-order valence-corrected chi connectivity index (χ2v) is 5.92. The molecule has 1 aliphatic rings. The monoisotopic (exact) mass is 317 g/mol. The molecule has 2 rings (SSSR count). The van der Waals surface area contributed by atoms with E-state index in [-0.39, 0.29) is 0 Å². The van der Waals surface area contributed by atoms with E-state index >= 15 is 0 Å². The van der Waals surface area contributed by atoms with Crippen LogP contribution < -0.4 is 10.2 Å². The highest BCUT2D eigenvalue weighted by Gasteiger charge is 2.13. The van der Waals surface area contributed by atoms with Crippen molar-refractivity contribution in [1.82, 2.24) is 0 Å². The minimum absolute atomic E-state index is 0.365. The van der Waals surface area contributed by atoms with Crippen LogP contribution in [0.15, 0.2) is 29.3 Å². The molecule has 0 atom stereocenters. The SMILES string of the molecule is CCOC(=O)Nc1ccc(N(C)C(C)=NC2CCCCC2)cc1. The highest BCUT2D eigenvalue weighted by Crippen LogP contribution is 2.22. The number of rotatable bonds is 4. The van der Waals surface area contributed by atoms with E-state index in [4.69, 9.17) is 9.73 Å². The average molecular weight is 317 g/mol. The Morgan fingerprint density at radius 3 is 2.52 bits per heavy atom. The smallest absolute Gasteiger partial charge is 0.411 e. The van der Waals surface area contributed by atoms with Gasteiger partial charge in [-0.2, -0.15) is 0 Å². The van der Waals surface area contributed by atoms with Crippen LogP contribution in [0, 0.1) is 0 Å². The molecule has 1 fully saturated rings. The molecule has 0 bridgehead atoms. The number of ether oxygens (including phenoxy) is 1. The molecular weight excluding hydrogens is 290 g/mol. The first-order valence-electron chi connectivity index (χ1n) is 8.42. The Hall–Kier alpha value is -2.04. The van der Waals surface area contributed by atoms with Crippen LogP contribution in [0.3, 0.4) is 0 Å². The zero-order valence-corrected chi connectivity index (χ0v) is 14.3. The molecule has 0 saturated heterocycles. The maximum absolute atomic E-state index is 11.4. The van der Waals surface area contributed by atoms with Crippen molar-refractivity contribution in [2.45, 2.75) is 52.0 Å². The lowest BCUT2D eigenvalue weighted by Gasteiger charge is -2.23. The van der Waals surface area contributed by atoms with Crippen molar-refractivity contribution >= 4 is 23.3 Å². The van der Waals surface area contributed by atoms with Gasteiger partial charge in [0.25, 0.3) is 0 Å². The third kappa shape index (κ3) is 5.27. The Morgan fingerprint density at radius 2 is 1.91 bits per heavy atom. The number of nitrogens with one attached hydrogen (secondary N) is 1. The van der Waals surface area contributed by atoms with Crippen LogP contribution in [0.5, 0.6) is 0 Å². The van der Waals surface area contributed by atoms with Gasteiger partial charge in [0.2, 0.25) is 0 Å². The van der Waals surface area contributed by atoms with Crippen LogP contribution in [0.1, 0.15) is 46.0 Å². The fourth-order valence-corrected chi connectivity index (χ4v) is 2.80. The highest BCUT2D eigenvalue weighted by molar-refractivity contribution is 5.96. The molecule has 1 aromatic carbocycles. The van der Waals surface area contributed by atoms with Crippen LogP contribution in [0.2, 0.25) is 0 Å². The molecule has 1 amide bonds. The van der Waals surface area contributed by atoms with Crippen molar-refractivity contribution in [2.75, 3.05) is 23.9 Å². The molecule has 1 aromatic rings. The van der Waals surface area contributed by atoms with E-state index in [0.29, 0.717) is 12.6 Å². The van der Waals surface area contributed by atoms with Gasteiger partial charge in [-0.05, 0) is 51.0 Å². The Bertz CT molecular complexity index is 534. The standard InChI is InChI=1S/C18H27N3O2/c1-4-23-18(22)20-16-10-12-17(13-11-16)21(3)14(2)19-15-8-6-5-7-9-15/h10-13,15H,4-9H2,1-3H3,(H,20,22). The molecule has 1 aliphatic carbocycles. The molecule has 0 spiro atoms. The van der Waals surface area contributed by atoms with E-state index < -0.39 is 6.09 Å². The largest absolute Gasteiger partial charge is 0.450 e. The predicted octanol–water partition coefficient (Wildman–Crippen LogP) is 4.44. The second kappa shape index (κ2) is 8.56. The number of nitrogens with zero attached hydrogens (tertiary/aromatic N) is 2. The number of aliphatic imine (C=N–C) groups is 1. The molecule has 1 N–H and O–H groups in total. The molecule has 1 saturated carbocycles. The summed E-state index contributed by atoms with van der Waals surface area (Å²) in [4.78, 5) is 18.3. The van der Waals surface area contributed by atoms with Crippen LogP contribution in [-0.2, 0) is 4.74 Å². The fourth-order valence-electron chi connectivity index (χ4n) is 2.80. The van der Waals surface area contributed by atoms with Gasteiger partial charge in [-0.1, -0.05) is 19.3 Å². The van der Waals surface area contributed by atoms with Gasteiger partial charge < -0.3 is 9.64 Å². The summed E-state index contributed by atoms with van der Waals surface area (Å²) in [5, 5.41) is 2.69. The van der Waals surface area contributed by atoms with Gasteiger partial charge >= 0.3 is 6.09 Å². The number of anilines is 2. The van der Waals surface area contributed by atoms with Crippen LogP contribution in [0.25, 0.3) is 0 Å². The maximum atomic E-state index is 11.4. The molecule has 0 aliphatic heterocycles. The molecule has 0 radical (unpaired) electrons. The fraction of sp³-hybridized carbons (Fsp3) is 0.556. The number of carbonyl (C=O) groups is 1. The average Bonchev–Trinajstić information content (AvgIpc) is 2.56. The number of carbonyl (C=O) groups excluding carboxylic acids is 1. The van der Waals surface area contributed by atoms with Gasteiger partial charge in [-0.25, -0.2) is 4.79 Å². The normalized spacial score (nSPS) is 16.0. The summed E-state index contributed by atoms with van der Waals surface area (Å²) in [5.74, 6) is 1.03. The summed E-state index contributed by atoms with van der Waals surface area (Å²) in [6.45, 7) is 4.20. The van der Waals surface area contributed by atoms with E-state index in [1.165, 1.54) is 32.1 Å². The van der Waals surface area contributed by atoms with Crippen molar-refractivity contribution < 1.29 is 9.53 Å². The molecule has 0 heterocycles. The van der Waals surface area contributed by atoms with Gasteiger partial charge in [0.1, 0.15) is 5.84 Å². The quantitative estimate of drug-likeness (QED) is 0.659. The summed E-state index contributed by atoms with van der Waals surface area (Å²) < 4.78 is 4.87. The minimum atomic E-state index is -0.427. The van der Waals surface area contributed by atoms with Gasteiger partial charge in [0.15, 0.2) is 0 Å². The Balaban J connectivity index is 1.97. The van der Waals surface area contributed by atoms with E-state index in [1.54, 1.807) is 6.92 Å². The van der Waals surface area contributed by atoms with Crippen LogP contribution in [0.4, 0.5) is 16.2 Å². The molecule has 5 heteroatoms. The van der Waals surface area contributed by atoms with E-state index in [0.717, 1.165) is 17.2 Å². The molecule has 5 nitrogen and oxygen atoms in total. The van der Waals surface area contributed by atoms with E-state index in [1.807, 2.05) is 31.3 Å². The Labute approximate surface area is 138 Å². The second-order valence-electron chi connectivity index (χ2n) is 5.92. The van der Waals surface area contributed by atoms with Crippen molar-refractivity contribution in [2.24, 2.45) is 4.99 Å². The van der Waals surface area contributed by atoms with Gasteiger partial charge in [-0.15, -0.1) is 0 Å². The molecule has 23 heavy (non-hydrogen) atoms. The predicted molar refractivity (Wildman–Crippen MR) is 95.5 cm³/mol. The zero-order valence-electron chi connectivity index (χ0n) is 14.3. The Kier molecular flexibility index (Phi) is 6.44. The summed E-state index contributed by atoms with van der Waals surface area (Å²) in [6, 6.07) is 8.16. The number of amides is 1. The Morgan fingerprint density at radius 1 is 1.26 bits per heavy atom. The lowest BCUT2D eigenvalue weighted by Crippen LogP contribution is -2.26. The molecule has 0 aromatic heterocycles.